The van der Waals surface area contributed by atoms with Crippen LogP contribution in [0.25, 0.3) is 0 Å². The zero-order valence-electron chi connectivity index (χ0n) is 15.4. The summed E-state index contributed by atoms with van der Waals surface area (Å²) in [6, 6.07) is 0. The SMILES string of the molecule is C=CCP(C12CC3CC(CC(C3)C1)C2)C12CC3CC(CC(C3)C1)C2. The van der Waals surface area contributed by atoms with Gasteiger partial charge in [-0.1, -0.05) is 14.0 Å². The van der Waals surface area contributed by atoms with Crippen LogP contribution in [0.1, 0.15) is 77.0 Å². The van der Waals surface area contributed by atoms with Gasteiger partial charge in [-0.3, -0.25) is 0 Å². The van der Waals surface area contributed by atoms with E-state index in [1.54, 1.807) is 77.0 Å². The molecule has 0 heterocycles. The third-order valence-corrected chi connectivity index (χ3v) is 13.5. The lowest BCUT2D eigenvalue weighted by atomic mass is 9.55. The summed E-state index contributed by atoms with van der Waals surface area (Å²) in [4.78, 5) is 0. The fourth-order valence-corrected chi connectivity index (χ4v) is 14.7. The van der Waals surface area contributed by atoms with E-state index in [0.717, 1.165) is 45.8 Å². The molecule has 132 valence electrons. The highest BCUT2D eigenvalue weighted by molar-refractivity contribution is 7.61. The highest BCUT2D eigenvalue weighted by Crippen LogP contribution is 2.78. The summed E-state index contributed by atoms with van der Waals surface area (Å²) in [5.74, 6) is 6.75. The van der Waals surface area contributed by atoms with Crippen molar-refractivity contribution in [3.8, 4) is 0 Å². The van der Waals surface area contributed by atoms with Gasteiger partial charge >= 0.3 is 0 Å². The topological polar surface area (TPSA) is 0 Å². The van der Waals surface area contributed by atoms with Gasteiger partial charge in [0.1, 0.15) is 0 Å². The number of hydrogen-bond acceptors (Lipinski definition) is 0. The van der Waals surface area contributed by atoms with Crippen LogP contribution in [-0.4, -0.2) is 16.5 Å². The predicted molar refractivity (Wildman–Crippen MR) is 104 cm³/mol. The molecule has 8 fully saturated rings. The molecule has 0 aromatic heterocycles. The van der Waals surface area contributed by atoms with Crippen LogP contribution in [0, 0.1) is 35.5 Å². The minimum Gasteiger partial charge on any atom is -0.103 e. The average Bonchev–Trinajstić information content (AvgIpc) is 2.49. The zero-order valence-corrected chi connectivity index (χ0v) is 16.3. The average molecular weight is 343 g/mol. The lowest BCUT2D eigenvalue weighted by molar-refractivity contribution is 0.0187. The molecule has 8 bridgehead atoms. The maximum atomic E-state index is 4.27. The molecule has 1 heteroatoms. The Balaban J connectivity index is 1.39. The van der Waals surface area contributed by atoms with Gasteiger partial charge in [0.2, 0.25) is 0 Å². The molecular formula is C23H35P. The Morgan fingerprint density at radius 2 is 0.917 bits per heavy atom. The van der Waals surface area contributed by atoms with Crippen molar-refractivity contribution in [2.75, 3.05) is 6.16 Å². The molecule has 24 heavy (non-hydrogen) atoms. The first-order valence-corrected chi connectivity index (χ1v) is 12.6. The van der Waals surface area contributed by atoms with Crippen molar-refractivity contribution in [2.45, 2.75) is 87.4 Å². The summed E-state index contributed by atoms with van der Waals surface area (Å²) in [5, 5.41) is 1.62. The van der Waals surface area contributed by atoms with Gasteiger partial charge in [-0.25, -0.2) is 0 Å². The third kappa shape index (κ3) is 2.08. The first kappa shape index (κ1) is 15.2. The molecule has 8 rings (SSSR count). The van der Waals surface area contributed by atoms with Crippen molar-refractivity contribution in [3.63, 3.8) is 0 Å². The molecule has 8 aliphatic rings. The Kier molecular flexibility index (Phi) is 3.25. The van der Waals surface area contributed by atoms with E-state index in [1.807, 2.05) is 0 Å². The quantitative estimate of drug-likeness (QED) is 0.399. The lowest BCUT2D eigenvalue weighted by Gasteiger charge is -2.67. The summed E-state index contributed by atoms with van der Waals surface area (Å²) in [6.07, 6.45) is 23.3. The highest BCUT2D eigenvalue weighted by Gasteiger charge is 2.62. The van der Waals surface area contributed by atoms with Gasteiger partial charge in [0.25, 0.3) is 0 Å². The number of hydrogen-bond donors (Lipinski definition) is 0. The van der Waals surface area contributed by atoms with E-state index in [0.29, 0.717) is 0 Å². The van der Waals surface area contributed by atoms with Crippen molar-refractivity contribution < 1.29 is 0 Å². The summed E-state index contributed by atoms with van der Waals surface area (Å²) >= 11 is 0. The van der Waals surface area contributed by atoms with Crippen molar-refractivity contribution in [3.05, 3.63) is 12.7 Å². The molecule has 0 aromatic rings. The van der Waals surface area contributed by atoms with Crippen molar-refractivity contribution in [1.82, 2.24) is 0 Å². The van der Waals surface area contributed by atoms with Crippen LogP contribution in [0.4, 0.5) is 0 Å². The molecule has 0 nitrogen and oxygen atoms in total. The second kappa shape index (κ2) is 5.12. The number of allylic oxidation sites excluding steroid dienone is 1. The van der Waals surface area contributed by atoms with E-state index in [9.17, 15) is 0 Å². The Morgan fingerprint density at radius 1 is 0.625 bits per heavy atom. The molecular weight excluding hydrogens is 307 g/mol. The fraction of sp³-hybridized carbons (Fsp3) is 0.913. The first-order chi connectivity index (χ1) is 11.7. The summed E-state index contributed by atoms with van der Waals surface area (Å²) in [6.45, 7) is 4.27. The Labute approximate surface area is 150 Å². The first-order valence-electron chi connectivity index (χ1n) is 11.0. The van der Waals surface area contributed by atoms with Crippen LogP contribution in [0.3, 0.4) is 0 Å². The van der Waals surface area contributed by atoms with Crippen LogP contribution >= 0.6 is 7.92 Å². The molecule has 0 spiro atoms. The third-order valence-electron chi connectivity index (χ3n) is 9.47. The van der Waals surface area contributed by atoms with Gasteiger partial charge in [-0.2, -0.15) is 0 Å². The molecule has 0 saturated heterocycles. The molecule has 0 atom stereocenters. The van der Waals surface area contributed by atoms with Crippen LogP contribution in [0.5, 0.6) is 0 Å². The smallest absolute Gasteiger partial charge is 0.00787 e. The Bertz CT molecular complexity index is 432. The van der Waals surface area contributed by atoms with E-state index in [4.69, 9.17) is 0 Å². The van der Waals surface area contributed by atoms with E-state index in [-0.39, 0.29) is 7.92 Å². The molecule has 0 N–H and O–H groups in total. The van der Waals surface area contributed by atoms with Crippen LogP contribution in [0.15, 0.2) is 12.7 Å². The number of rotatable bonds is 4. The van der Waals surface area contributed by atoms with Gasteiger partial charge in [0.15, 0.2) is 0 Å². The molecule has 0 amide bonds. The minimum atomic E-state index is 0.173. The van der Waals surface area contributed by atoms with Gasteiger partial charge in [-0.15, -0.1) is 6.58 Å². The summed E-state index contributed by atoms with van der Waals surface area (Å²) < 4.78 is 0. The van der Waals surface area contributed by atoms with E-state index < -0.39 is 0 Å². The van der Waals surface area contributed by atoms with Crippen molar-refractivity contribution >= 4 is 7.92 Å². The Hall–Kier alpha value is 0.170. The molecule has 0 unspecified atom stereocenters. The van der Waals surface area contributed by atoms with E-state index in [1.165, 1.54) is 6.16 Å². The molecule has 0 aromatic carbocycles. The highest BCUT2D eigenvalue weighted by atomic mass is 31.1. The van der Waals surface area contributed by atoms with Gasteiger partial charge in [0.05, 0.1) is 0 Å². The second-order valence-electron chi connectivity index (χ2n) is 11.2. The molecule has 0 aliphatic heterocycles. The van der Waals surface area contributed by atoms with Crippen LogP contribution in [0.2, 0.25) is 0 Å². The Morgan fingerprint density at radius 3 is 1.17 bits per heavy atom. The van der Waals surface area contributed by atoms with E-state index >= 15 is 0 Å². The predicted octanol–water partition coefficient (Wildman–Crippen LogP) is 6.59. The molecule has 8 saturated carbocycles. The lowest BCUT2D eigenvalue weighted by Crippen LogP contribution is -2.56. The molecule has 8 aliphatic carbocycles. The summed E-state index contributed by atoms with van der Waals surface area (Å²) in [7, 11) is 0.173. The largest absolute Gasteiger partial charge is 0.103 e. The van der Waals surface area contributed by atoms with Gasteiger partial charge in [0, 0.05) is 0 Å². The fourth-order valence-electron chi connectivity index (χ4n) is 9.81. The van der Waals surface area contributed by atoms with Crippen molar-refractivity contribution in [2.24, 2.45) is 35.5 Å². The maximum Gasteiger partial charge on any atom is -0.00787 e. The minimum absolute atomic E-state index is 0.173. The van der Waals surface area contributed by atoms with Gasteiger partial charge < -0.3 is 0 Å². The van der Waals surface area contributed by atoms with Gasteiger partial charge in [-0.05, 0) is 129 Å². The normalized spacial score (nSPS) is 58.2. The second-order valence-corrected chi connectivity index (χ2v) is 14.3. The zero-order chi connectivity index (χ0) is 15.9. The van der Waals surface area contributed by atoms with Crippen LogP contribution < -0.4 is 0 Å². The van der Waals surface area contributed by atoms with Crippen molar-refractivity contribution in [1.29, 1.82) is 0 Å². The van der Waals surface area contributed by atoms with Crippen LogP contribution in [-0.2, 0) is 0 Å². The molecule has 0 radical (unpaired) electrons. The maximum absolute atomic E-state index is 4.27. The van der Waals surface area contributed by atoms with E-state index in [2.05, 4.69) is 12.7 Å². The summed E-state index contributed by atoms with van der Waals surface area (Å²) in [5.41, 5.74) is 0. The standard InChI is InChI=1S/C23H35P/c1-2-3-24(22-10-16-4-17(11-22)6-18(5-16)12-22)23-13-19-7-20(14-23)9-21(8-19)15-23/h2,16-21H,1,3-15H2. The monoisotopic (exact) mass is 342 g/mol.